The van der Waals surface area contributed by atoms with Crippen LogP contribution in [0.5, 0.6) is 5.75 Å². The first-order chi connectivity index (χ1) is 14.5. The monoisotopic (exact) mass is 425 g/mol. The summed E-state index contributed by atoms with van der Waals surface area (Å²) in [4.78, 5) is 31.1. The van der Waals surface area contributed by atoms with E-state index >= 15 is 0 Å². The summed E-state index contributed by atoms with van der Waals surface area (Å²) in [6, 6.07) is 9.67. The van der Waals surface area contributed by atoms with Crippen LogP contribution >= 0.6 is 0 Å². The van der Waals surface area contributed by atoms with Crippen LogP contribution in [0.1, 0.15) is 34.6 Å². The minimum Gasteiger partial charge on any atom is -0.490 e. The number of hydrogen-bond acceptors (Lipinski definition) is 5. The Morgan fingerprint density at radius 3 is 2.45 bits per heavy atom. The number of hydrogen-bond donors (Lipinski definition) is 1. The molecule has 4 rings (SSSR count). The van der Waals surface area contributed by atoms with Crippen LogP contribution in [0.2, 0.25) is 0 Å². The van der Waals surface area contributed by atoms with Crippen LogP contribution in [0.4, 0.5) is 4.79 Å². The second kappa shape index (κ2) is 7.70. The topological polar surface area (TPSA) is 80.8 Å². The van der Waals surface area contributed by atoms with E-state index in [1.807, 2.05) is 65.0 Å². The van der Waals surface area contributed by atoms with Gasteiger partial charge >= 0.3 is 6.09 Å². The first-order valence-electron chi connectivity index (χ1n) is 10.8. The molecule has 7 nitrogen and oxygen atoms in total. The summed E-state index contributed by atoms with van der Waals surface area (Å²) >= 11 is 0. The number of piperidine rings is 1. The normalized spacial score (nSPS) is 22.7. The summed E-state index contributed by atoms with van der Waals surface area (Å²) in [7, 11) is 0. The van der Waals surface area contributed by atoms with Gasteiger partial charge in [-0.3, -0.25) is 9.78 Å². The molecule has 1 aromatic heterocycles. The average molecular weight is 426 g/mol. The maximum Gasteiger partial charge on any atom is 0.410 e. The van der Waals surface area contributed by atoms with Crippen molar-refractivity contribution in [1.82, 2.24) is 15.2 Å². The first kappa shape index (κ1) is 21.4. The van der Waals surface area contributed by atoms with Gasteiger partial charge in [0, 0.05) is 30.6 Å². The Bertz CT molecular complexity index is 980. The van der Waals surface area contributed by atoms with E-state index in [2.05, 4.69) is 10.3 Å². The summed E-state index contributed by atoms with van der Waals surface area (Å²) in [5.41, 5.74) is -0.157. The molecule has 1 N–H and O–H groups in total. The number of pyridine rings is 1. The lowest BCUT2D eigenvalue weighted by molar-refractivity contribution is -0.125. The quantitative estimate of drug-likeness (QED) is 0.791. The van der Waals surface area contributed by atoms with E-state index in [4.69, 9.17) is 9.47 Å². The highest BCUT2D eigenvalue weighted by Crippen LogP contribution is 2.52. The van der Waals surface area contributed by atoms with Gasteiger partial charge in [0.2, 0.25) is 5.91 Å². The third-order valence-electron chi connectivity index (χ3n) is 5.81. The number of aromatic nitrogens is 1. The SMILES string of the molecule is CC(C)(COc1ccnc2ccccc12)NC(=O)C1C2CN(C(=O)OC(C)(C)C)CC21. The van der Waals surface area contributed by atoms with Gasteiger partial charge < -0.3 is 19.7 Å². The predicted octanol–water partition coefficient (Wildman–Crippen LogP) is 3.62. The molecule has 7 heteroatoms. The largest absolute Gasteiger partial charge is 0.490 e. The Balaban J connectivity index is 1.29. The van der Waals surface area contributed by atoms with Gasteiger partial charge in [0.1, 0.15) is 18.0 Å². The van der Waals surface area contributed by atoms with Crippen molar-refractivity contribution in [1.29, 1.82) is 0 Å². The second-order valence-electron chi connectivity index (χ2n) is 10.2. The van der Waals surface area contributed by atoms with Crippen LogP contribution in [0.3, 0.4) is 0 Å². The molecule has 1 aliphatic heterocycles. The Hall–Kier alpha value is -2.83. The number of carbonyl (C=O) groups is 2. The van der Waals surface area contributed by atoms with E-state index in [0.29, 0.717) is 19.7 Å². The molecule has 2 atom stereocenters. The van der Waals surface area contributed by atoms with Crippen molar-refractivity contribution in [2.75, 3.05) is 19.7 Å². The van der Waals surface area contributed by atoms with E-state index in [1.54, 1.807) is 11.1 Å². The molecule has 2 aromatic rings. The van der Waals surface area contributed by atoms with Crippen LogP contribution in [0.25, 0.3) is 10.9 Å². The van der Waals surface area contributed by atoms with Crippen LogP contribution in [-0.2, 0) is 9.53 Å². The van der Waals surface area contributed by atoms with E-state index in [1.165, 1.54) is 0 Å². The summed E-state index contributed by atoms with van der Waals surface area (Å²) in [6.07, 6.45) is 1.43. The molecule has 2 fully saturated rings. The Morgan fingerprint density at radius 2 is 1.77 bits per heavy atom. The highest BCUT2D eigenvalue weighted by Gasteiger charge is 2.61. The fourth-order valence-corrected chi connectivity index (χ4v) is 4.30. The molecule has 0 radical (unpaired) electrons. The number of para-hydroxylation sites is 1. The molecule has 166 valence electrons. The molecule has 1 saturated carbocycles. The lowest BCUT2D eigenvalue weighted by atomic mass is 10.1. The molecule has 1 saturated heterocycles. The van der Waals surface area contributed by atoms with Gasteiger partial charge in [0.05, 0.1) is 11.1 Å². The van der Waals surface area contributed by atoms with E-state index in [9.17, 15) is 9.59 Å². The molecular formula is C24H31N3O4. The maximum absolute atomic E-state index is 12.9. The average Bonchev–Trinajstić information content (AvgIpc) is 3.19. The number of benzene rings is 1. The molecular weight excluding hydrogens is 394 g/mol. The van der Waals surface area contributed by atoms with Crippen molar-refractivity contribution < 1.29 is 19.1 Å². The molecule has 1 aliphatic carbocycles. The molecule has 1 aromatic carbocycles. The van der Waals surface area contributed by atoms with Gasteiger partial charge in [-0.1, -0.05) is 12.1 Å². The Morgan fingerprint density at radius 1 is 1.10 bits per heavy atom. The number of carbonyl (C=O) groups excluding carboxylic acids is 2. The number of likely N-dealkylation sites (tertiary alicyclic amines) is 1. The van der Waals surface area contributed by atoms with Crippen LogP contribution in [0, 0.1) is 17.8 Å². The van der Waals surface area contributed by atoms with Crippen molar-refractivity contribution >= 4 is 22.9 Å². The van der Waals surface area contributed by atoms with Gasteiger partial charge in [-0.05, 0) is 64.7 Å². The minimum atomic E-state index is -0.525. The standard InChI is InChI=1S/C24H31N3O4/c1-23(2,3)31-22(29)27-12-16-17(13-27)20(16)21(28)26-24(4,5)14-30-19-10-11-25-18-9-7-6-8-15(18)19/h6-11,16-17,20H,12-14H2,1-5H3,(H,26,28). The van der Waals surface area contributed by atoms with E-state index in [0.717, 1.165) is 16.7 Å². The first-order valence-corrected chi connectivity index (χ1v) is 10.8. The van der Waals surface area contributed by atoms with Crippen molar-refractivity contribution in [2.45, 2.75) is 45.8 Å². The predicted molar refractivity (Wildman–Crippen MR) is 118 cm³/mol. The van der Waals surface area contributed by atoms with Gasteiger partial charge in [0.15, 0.2) is 0 Å². The number of nitrogens with one attached hydrogen (secondary N) is 1. The fraction of sp³-hybridized carbons (Fsp3) is 0.542. The minimum absolute atomic E-state index is 0.0343. The van der Waals surface area contributed by atoms with Crippen molar-refractivity contribution in [3.05, 3.63) is 36.5 Å². The Labute approximate surface area is 183 Å². The summed E-state index contributed by atoms with van der Waals surface area (Å²) in [5.74, 6) is 1.18. The number of amides is 2. The van der Waals surface area contributed by atoms with Gasteiger partial charge in [0.25, 0.3) is 0 Å². The lowest BCUT2D eigenvalue weighted by Crippen LogP contribution is -2.49. The maximum atomic E-state index is 12.9. The highest BCUT2D eigenvalue weighted by molar-refractivity contribution is 5.85. The fourth-order valence-electron chi connectivity index (χ4n) is 4.30. The van der Waals surface area contributed by atoms with Crippen molar-refractivity contribution in [3.8, 4) is 5.75 Å². The van der Waals surface area contributed by atoms with Crippen molar-refractivity contribution in [3.63, 3.8) is 0 Å². The molecule has 0 spiro atoms. The molecule has 0 bridgehead atoms. The zero-order valence-electron chi connectivity index (χ0n) is 18.8. The zero-order valence-corrected chi connectivity index (χ0v) is 18.8. The summed E-state index contributed by atoms with van der Waals surface area (Å²) in [5, 5.41) is 4.08. The third-order valence-corrected chi connectivity index (χ3v) is 5.81. The number of fused-ring (bicyclic) bond motifs is 2. The smallest absolute Gasteiger partial charge is 0.410 e. The molecule has 2 heterocycles. The molecule has 31 heavy (non-hydrogen) atoms. The van der Waals surface area contributed by atoms with Gasteiger partial charge in [-0.2, -0.15) is 0 Å². The third kappa shape index (κ3) is 4.75. The molecule has 2 unspecified atom stereocenters. The van der Waals surface area contributed by atoms with Gasteiger partial charge in [-0.15, -0.1) is 0 Å². The summed E-state index contributed by atoms with van der Waals surface area (Å²) in [6.45, 7) is 11.0. The van der Waals surface area contributed by atoms with Crippen LogP contribution in [0.15, 0.2) is 36.5 Å². The number of rotatable bonds is 5. The van der Waals surface area contributed by atoms with E-state index < -0.39 is 11.1 Å². The molecule has 2 amide bonds. The zero-order chi connectivity index (χ0) is 22.4. The highest BCUT2D eigenvalue weighted by atomic mass is 16.6. The number of ether oxygens (including phenoxy) is 2. The lowest BCUT2D eigenvalue weighted by Gasteiger charge is -2.28. The number of nitrogens with zero attached hydrogens (tertiary/aromatic N) is 2. The van der Waals surface area contributed by atoms with E-state index in [-0.39, 0.29) is 29.8 Å². The van der Waals surface area contributed by atoms with Crippen molar-refractivity contribution in [2.24, 2.45) is 17.8 Å². The molecule has 2 aliphatic rings. The van der Waals surface area contributed by atoms with Crippen LogP contribution < -0.4 is 10.1 Å². The summed E-state index contributed by atoms with van der Waals surface area (Å²) < 4.78 is 11.5. The Kier molecular flexibility index (Phi) is 5.31. The second-order valence-corrected chi connectivity index (χ2v) is 10.2. The van der Waals surface area contributed by atoms with Gasteiger partial charge in [-0.25, -0.2) is 4.79 Å². The van der Waals surface area contributed by atoms with Crippen LogP contribution in [-0.4, -0.2) is 52.7 Å².